The number of pyridine rings is 1. The SMILES string of the molecule is NC1CCN(C2CCN(Cc3ccc(Cl)nc3)C2)CC1. The Labute approximate surface area is 125 Å². The second kappa shape index (κ2) is 6.39. The fraction of sp³-hybridized carbons (Fsp3) is 0.667. The summed E-state index contributed by atoms with van der Waals surface area (Å²) >= 11 is 5.82. The Balaban J connectivity index is 1.50. The third-order valence-electron chi connectivity index (χ3n) is 4.53. The Morgan fingerprint density at radius 2 is 2.00 bits per heavy atom. The maximum Gasteiger partial charge on any atom is 0.129 e. The summed E-state index contributed by atoms with van der Waals surface area (Å²) in [6, 6.07) is 5.07. The zero-order chi connectivity index (χ0) is 13.9. The monoisotopic (exact) mass is 294 g/mol. The Bertz CT molecular complexity index is 428. The highest BCUT2D eigenvalue weighted by Gasteiger charge is 2.29. The van der Waals surface area contributed by atoms with Gasteiger partial charge in [-0.2, -0.15) is 0 Å². The largest absolute Gasteiger partial charge is 0.328 e. The number of hydrogen-bond acceptors (Lipinski definition) is 4. The van der Waals surface area contributed by atoms with E-state index < -0.39 is 0 Å². The summed E-state index contributed by atoms with van der Waals surface area (Å²) < 4.78 is 0. The molecule has 2 aliphatic heterocycles. The molecule has 0 bridgehead atoms. The first kappa shape index (κ1) is 14.3. The van der Waals surface area contributed by atoms with Crippen LogP contribution in [0.15, 0.2) is 18.3 Å². The summed E-state index contributed by atoms with van der Waals surface area (Å²) in [6.07, 6.45) is 5.46. The summed E-state index contributed by atoms with van der Waals surface area (Å²) in [5.41, 5.74) is 7.23. The average molecular weight is 295 g/mol. The lowest BCUT2D eigenvalue weighted by Gasteiger charge is -2.34. The summed E-state index contributed by atoms with van der Waals surface area (Å²) in [6.45, 7) is 5.66. The summed E-state index contributed by atoms with van der Waals surface area (Å²) in [4.78, 5) is 9.30. The average Bonchev–Trinajstić information content (AvgIpc) is 2.91. The van der Waals surface area contributed by atoms with Gasteiger partial charge < -0.3 is 5.73 Å². The van der Waals surface area contributed by atoms with Crippen LogP contribution in [0, 0.1) is 0 Å². The number of likely N-dealkylation sites (tertiary alicyclic amines) is 2. The highest BCUT2D eigenvalue weighted by atomic mass is 35.5. The van der Waals surface area contributed by atoms with E-state index in [2.05, 4.69) is 20.9 Å². The molecular formula is C15H23ClN4. The molecule has 5 heteroatoms. The smallest absolute Gasteiger partial charge is 0.129 e. The molecule has 2 aliphatic rings. The van der Waals surface area contributed by atoms with Crippen LogP contribution in [0.2, 0.25) is 5.15 Å². The molecule has 2 N–H and O–H groups in total. The van der Waals surface area contributed by atoms with Crippen molar-refractivity contribution < 1.29 is 0 Å². The van der Waals surface area contributed by atoms with Crippen LogP contribution in [0.3, 0.4) is 0 Å². The molecule has 1 aromatic rings. The second-order valence-corrected chi connectivity index (χ2v) is 6.43. The van der Waals surface area contributed by atoms with Crippen molar-refractivity contribution >= 4 is 11.6 Å². The Morgan fingerprint density at radius 3 is 2.70 bits per heavy atom. The van der Waals surface area contributed by atoms with Crippen molar-refractivity contribution in [2.24, 2.45) is 5.73 Å². The zero-order valence-electron chi connectivity index (χ0n) is 11.8. The van der Waals surface area contributed by atoms with Crippen molar-refractivity contribution in [3.05, 3.63) is 29.0 Å². The van der Waals surface area contributed by atoms with Gasteiger partial charge in [0.25, 0.3) is 0 Å². The number of nitrogens with two attached hydrogens (primary N) is 1. The normalized spacial score (nSPS) is 26.2. The van der Waals surface area contributed by atoms with Crippen molar-refractivity contribution in [1.29, 1.82) is 0 Å². The van der Waals surface area contributed by atoms with Gasteiger partial charge in [0.15, 0.2) is 0 Å². The van der Waals surface area contributed by atoms with Crippen LogP contribution in [0.1, 0.15) is 24.8 Å². The Kier molecular flexibility index (Phi) is 4.56. The molecule has 110 valence electrons. The molecule has 1 aromatic heterocycles. The topological polar surface area (TPSA) is 45.4 Å². The van der Waals surface area contributed by atoms with Crippen molar-refractivity contribution in [3.8, 4) is 0 Å². The van der Waals surface area contributed by atoms with Gasteiger partial charge in [0, 0.05) is 37.9 Å². The van der Waals surface area contributed by atoms with Crippen LogP contribution >= 0.6 is 11.6 Å². The molecule has 0 radical (unpaired) electrons. The highest BCUT2D eigenvalue weighted by Crippen LogP contribution is 2.21. The summed E-state index contributed by atoms with van der Waals surface area (Å²) in [7, 11) is 0. The predicted molar refractivity (Wildman–Crippen MR) is 81.7 cm³/mol. The highest BCUT2D eigenvalue weighted by molar-refractivity contribution is 6.29. The van der Waals surface area contributed by atoms with Gasteiger partial charge in [-0.05, 0) is 44.0 Å². The van der Waals surface area contributed by atoms with Gasteiger partial charge in [0.1, 0.15) is 5.15 Å². The van der Waals surface area contributed by atoms with Crippen molar-refractivity contribution in [2.75, 3.05) is 26.2 Å². The van der Waals surface area contributed by atoms with E-state index in [0.29, 0.717) is 17.2 Å². The fourth-order valence-electron chi connectivity index (χ4n) is 3.30. The summed E-state index contributed by atoms with van der Waals surface area (Å²) in [5.74, 6) is 0. The number of halogens is 1. The molecule has 0 spiro atoms. The molecule has 1 unspecified atom stereocenters. The quantitative estimate of drug-likeness (QED) is 0.863. The Hall–Kier alpha value is -0.680. The van der Waals surface area contributed by atoms with Gasteiger partial charge in [0.2, 0.25) is 0 Å². The van der Waals surface area contributed by atoms with E-state index in [0.717, 1.165) is 25.9 Å². The lowest BCUT2D eigenvalue weighted by Crippen LogP contribution is -2.46. The lowest BCUT2D eigenvalue weighted by molar-refractivity contribution is 0.151. The predicted octanol–water partition coefficient (Wildman–Crippen LogP) is 1.73. The molecule has 0 aliphatic carbocycles. The van der Waals surface area contributed by atoms with Crippen LogP contribution in [0.5, 0.6) is 0 Å². The fourth-order valence-corrected chi connectivity index (χ4v) is 3.41. The standard InChI is InChI=1S/C15H23ClN4/c16-15-2-1-12(9-18-15)10-19-6-5-14(11-19)20-7-3-13(17)4-8-20/h1-2,9,13-14H,3-8,10-11,17H2. The first-order valence-electron chi connectivity index (χ1n) is 7.53. The minimum absolute atomic E-state index is 0.420. The van der Waals surface area contributed by atoms with Gasteiger partial charge >= 0.3 is 0 Å². The van der Waals surface area contributed by atoms with Crippen LogP contribution in [-0.4, -0.2) is 53.0 Å². The number of aromatic nitrogens is 1. The van der Waals surface area contributed by atoms with Crippen LogP contribution in [0.4, 0.5) is 0 Å². The molecule has 2 fully saturated rings. The molecule has 0 aromatic carbocycles. The zero-order valence-corrected chi connectivity index (χ0v) is 12.6. The maximum atomic E-state index is 5.98. The molecule has 2 saturated heterocycles. The summed E-state index contributed by atoms with van der Waals surface area (Å²) in [5, 5.41) is 0.567. The molecule has 3 rings (SSSR count). The number of piperidine rings is 1. The Morgan fingerprint density at radius 1 is 1.20 bits per heavy atom. The van der Waals surface area contributed by atoms with Gasteiger partial charge in [0.05, 0.1) is 0 Å². The van der Waals surface area contributed by atoms with E-state index in [-0.39, 0.29) is 0 Å². The van der Waals surface area contributed by atoms with E-state index in [1.807, 2.05) is 12.3 Å². The molecule has 3 heterocycles. The van der Waals surface area contributed by atoms with Crippen molar-refractivity contribution in [2.45, 2.75) is 37.9 Å². The van der Waals surface area contributed by atoms with Gasteiger partial charge in [-0.25, -0.2) is 4.98 Å². The number of hydrogen-bond donors (Lipinski definition) is 1. The third kappa shape index (κ3) is 3.50. The van der Waals surface area contributed by atoms with E-state index in [9.17, 15) is 0 Å². The van der Waals surface area contributed by atoms with Gasteiger partial charge in [-0.3, -0.25) is 9.80 Å². The first-order valence-corrected chi connectivity index (χ1v) is 7.91. The first-order chi connectivity index (χ1) is 9.70. The maximum absolute atomic E-state index is 5.98. The number of nitrogens with zero attached hydrogens (tertiary/aromatic N) is 3. The van der Waals surface area contributed by atoms with Crippen molar-refractivity contribution in [3.63, 3.8) is 0 Å². The van der Waals surface area contributed by atoms with E-state index >= 15 is 0 Å². The lowest BCUT2D eigenvalue weighted by atomic mass is 10.0. The molecule has 20 heavy (non-hydrogen) atoms. The van der Waals surface area contributed by atoms with Crippen LogP contribution in [-0.2, 0) is 6.54 Å². The van der Waals surface area contributed by atoms with E-state index in [4.69, 9.17) is 17.3 Å². The second-order valence-electron chi connectivity index (χ2n) is 6.04. The molecular weight excluding hydrogens is 272 g/mol. The minimum Gasteiger partial charge on any atom is -0.328 e. The molecule has 0 saturated carbocycles. The molecule has 0 amide bonds. The van der Waals surface area contributed by atoms with Gasteiger partial charge in [-0.1, -0.05) is 17.7 Å². The number of rotatable bonds is 3. The van der Waals surface area contributed by atoms with Crippen LogP contribution < -0.4 is 5.73 Å². The molecule has 1 atom stereocenters. The van der Waals surface area contributed by atoms with Crippen LogP contribution in [0.25, 0.3) is 0 Å². The van der Waals surface area contributed by atoms with E-state index in [1.165, 1.54) is 31.6 Å². The van der Waals surface area contributed by atoms with Crippen molar-refractivity contribution in [1.82, 2.24) is 14.8 Å². The molecule has 4 nitrogen and oxygen atoms in total. The van der Waals surface area contributed by atoms with Gasteiger partial charge in [-0.15, -0.1) is 0 Å². The van der Waals surface area contributed by atoms with E-state index in [1.54, 1.807) is 0 Å². The minimum atomic E-state index is 0.420. The third-order valence-corrected chi connectivity index (χ3v) is 4.76.